The van der Waals surface area contributed by atoms with Crippen molar-refractivity contribution in [2.75, 3.05) is 12.4 Å². The third-order valence-corrected chi connectivity index (χ3v) is 4.41. The van der Waals surface area contributed by atoms with Gasteiger partial charge in [-0.1, -0.05) is 27.5 Å². The zero-order chi connectivity index (χ0) is 14.1. The van der Waals surface area contributed by atoms with Crippen molar-refractivity contribution in [2.24, 2.45) is 0 Å². The van der Waals surface area contributed by atoms with Gasteiger partial charge in [0, 0.05) is 28.3 Å². The Labute approximate surface area is 131 Å². The summed E-state index contributed by atoms with van der Waals surface area (Å²) in [4.78, 5) is 9.39. The summed E-state index contributed by atoms with van der Waals surface area (Å²) in [5.74, 6) is 1.63. The number of rotatable bonds is 2. The molecule has 20 heavy (non-hydrogen) atoms. The molecule has 1 N–H and O–H groups in total. The topological polar surface area (TPSA) is 37.8 Å². The van der Waals surface area contributed by atoms with Crippen LogP contribution in [0, 0.1) is 0 Å². The third-order valence-electron chi connectivity index (χ3n) is 3.59. The Bertz CT molecular complexity index is 641. The van der Waals surface area contributed by atoms with E-state index >= 15 is 0 Å². The molecule has 0 bridgehead atoms. The zero-order valence-corrected chi connectivity index (χ0v) is 13.6. The SMILES string of the molecule is CNc1nc(-c2cc(Br)ccc2Cl)nc2c1CCCC2. The highest BCUT2D eigenvalue weighted by molar-refractivity contribution is 9.10. The molecule has 1 aromatic heterocycles. The van der Waals surface area contributed by atoms with Gasteiger partial charge >= 0.3 is 0 Å². The van der Waals surface area contributed by atoms with Crippen molar-refractivity contribution in [2.45, 2.75) is 25.7 Å². The van der Waals surface area contributed by atoms with Crippen molar-refractivity contribution < 1.29 is 0 Å². The lowest BCUT2D eigenvalue weighted by molar-refractivity contribution is 0.665. The van der Waals surface area contributed by atoms with E-state index in [1.165, 1.54) is 18.4 Å². The molecule has 0 atom stereocenters. The van der Waals surface area contributed by atoms with Crippen molar-refractivity contribution in [1.82, 2.24) is 9.97 Å². The van der Waals surface area contributed by atoms with Crippen LogP contribution in [-0.4, -0.2) is 17.0 Å². The first-order valence-corrected chi connectivity index (χ1v) is 7.89. The second-order valence-electron chi connectivity index (χ2n) is 4.90. The van der Waals surface area contributed by atoms with Crippen molar-refractivity contribution in [3.8, 4) is 11.4 Å². The van der Waals surface area contributed by atoms with Gasteiger partial charge in [0.25, 0.3) is 0 Å². The van der Waals surface area contributed by atoms with Gasteiger partial charge in [-0.05, 0) is 43.9 Å². The Morgan fingerprint density at radius 3 is 2.80 bits per heavy atom. The van der Waals surface area contributed by atoms with Crippen LogP contribution in [0.2, 0.25) is 5.02 Å². The summed E-state index contributed by atoms with van der Waals surface area (Å²) in [6.45, 7) is 0. The molecule has 0 amide bonds. The molecular weight excluding hydrogens is 338 g/mol. The van der Waals surface area contributed by atoms with Crippen LogP contribution in [0.1, 0.15) is 24.1 Å². The van der Waals surface area contributed by atoms with E-state index in [9.17, 15) is 0 Å². The lowest BCUT2D eigenvalue weighted by Gasteiger charge is -2.19. The van der Waals surface area contributed by atoms with Crippen molar-refractivity contribution in [3.05, 3.63) is 39.0 Å². The number of halogens is 2. The summed E-state index contributed by atoms with van der Waals surface area (Å²) in [7, 11) is 1.91. The first-order chi connectivity index (χ1) is 9.69. The number of fused-ring (bicyclic) bond motifs is 1. The van der Waals surface area contributed by atoms with Crippen LogP contribution in [0.4, 0.5) is 5.82 Å². The molecule has 1 heterocycles. The molecule has 0 saturated heterocycles. The Morgan fingerprint density at radius 1 is 1.20 bits per heavy atom. The van der Waals surface area contributed by atoms with E-state index < -0.39 is 0 Å². The van der Waals surface area contributed by atoms with E-state index in [-0.39, 0.29) is 0 Å². The lowest BCUT2D eigenvalue weighted by Crippen LogP contribution is -2.12. The number of aromatic nitrogens is 2. The first-order valence-electron chi connectivity index (χ1n) is 6.72. The van der Waals surface area contributed by atoms with E-state index in [4.69, 9.17) is 16.6 Å². The highest BCUT2D eigenvalue weighted by Gasteiger charge is 2.18. The second-order valence-corrected chi connectivity index (χ2v) is 6.23. The molecule has 104 valence electrons. The maximum Gasteiger partial charge on any atom is 0.163 e. The Hall–Kier alpha value is -1.13. The maximum absolute atomic E-state index is 6.29. The Kier molecular flexibility index (Phi) is 3.94. The fraction of sp³-hybridized carbons (Fsp3) is 0.333. The molecule has 3 nitrogen and oxygen atoms in total. The summed E-state index contributed by atoms with van der Waals surface area (Å²) in [6.07, 6.45) is 4.48. The van der Waals surface area contributed by atoms with Gasteiger partial charge in [0.05, 0.1) is 5.02 Å². The highest BCUT2D eigenvalue weighted by atomic mass is 79.9. The summed E-state index contributed by atoms with van der Waals surface area (Å²) in [6, 6.07) is 5.75. The van der Waals surface area contributed by atoms with Gasteiger partial charge in [-0.25, -0.2) is 9.97 Å². The molecular formula is C15H15BrClN3. The molecule has 1 aromatic carbocycles. The molecule has 2 aromatic rings. The average Bonchev–Trinajstić information content (AvgIpc) is 2.48. The summed E-state index contributed by atoms with van der Waals surface area (Å²) < 4.78 is 0.976. The minimum atomic E-state index is 0.672. The maximum atomic E-state index is 6.29. The molecule has 5 heteroatoms. The van der Waals surface area contributed by atoms with Gasteiger partial charge in [0.15, 0.2) is 5.82 Å². The summed E-state index contributed by atoms with van der Waals surface area (Å²) in [5, 5.41) is 3.87. The molecule has 0 radical (unpaired) electrons. The van der Waals surface area contributed by atoms with Crippen molar-refractivity contribution >= 4 is 33.3 Å². The molecule has 0 unspecified atom stereocenters. The number of benzene rings is 1. The molecule has 1 aliphatic rings. The normalized spacial score (nSPS) is 13.9. The summed E-state index contributed by atoms with van der Waals surface area (Å²) >= 11 is 9.76. The zero-order valence-electron chi connectivity index (χ0n) is 11.2. The Morgan fingerprint density at radius 2 is 2.00 bits per heavy atom. The molecule has 0 spiro atoms. The van der Waals surface area contributed by atoms with E-state index in [1.54, 1.807) is 0 Å². The first kappa shape index (κ1) is 13.8. The second kappa shape index (κ2) is 5.70. The van der Waals surface area contributed by atoms with Gasteiger partial charge in [-0.3, -0.25) is 0 Å². The molecule has 3 rings (SSSR count). The highest BCUT2D eigenvalue weighted by Crippen LogP contribution is 2.32. The number of hydrogen-bond acceptors (Lipinski definition) is 3. The largest absolute Gasteiger partial charge is 0.373 e. The van der Waals surface area contributed by atoms with Crippen LogP contribution in [0.5, 0.6) is 0 Å². The standard InChI is InChI=1S/C15H15BrClN3/c1-18-14-10-4-2-3-5-13(10)19-15(20-14)11-8-9(16)6-7-12(11)17/h6-8H,2-5H2,1H3,(H,18,19,20). The minimum absolute atomic E-state index is 0.672. The van der Waals surface area contributed by atoms with Gasteiger partial charge in [-0.2, -0.15) is 0 Å². The number of anilines is 1. The molecule has 0 aliphatic heterocycles. The van der Waals surface area contributed by atoms with E-state index in [0.717, 1.165) is 34.4 Å². The van der Waals surface area contributed by atoms with Crippen molar-refractivity contribution in [1.29, 1.82) is 0 Å². The average molecular weight is 353 g/mol. The molecule has 1 aliphatic carbocycles. The van der Waals surface area contributed by atoms with Gasteiger partial charge in [0.2, 0.25) is 0 Å². The lowest BCUT2D eigenvalue weighted by atomic mass is 9.96. The van der Waals surface area contributed by atoms with Crippen LogP contribution >= 0.6 is 27.5 Å². The molecule has 0 saturated carbocycles. The van der Waals surface area contributed by atoms with Gasteiger partial charge < -0.3 is 5.32 Å². The predicted octanol–water partition coefficient (Wildman–Crippen LogP) is 4.48. The fourth-order valence-electron chi connectivity index (χ4n) is 2.59. The van der Waals surface area contributed by atoms with Gasteiger partial charge in [0.1, 0.15) is 5.82 Å². The monoisotopic (exact) mass is 351 g/mol. The van der Waals surface area contributed by atoms with Crippen LogP contribution in [0.25, 0.3) is 11.4 Å². The minimum Gasteiger partial charge on any atom is -0.373 e. The van der Waals surface area contributed by atoms with E-state index in [0.29, 0.717) is 10.8 Å². The number of nitrogens with one attached hydrogen (secondary N) is 1. The van der Waals surface area contributed by atoms with Crippen LogP contribution in [-0.2, 0) is 12.8 Å². The molecule has 0 fully saturated rings. The van der Waals surface area contributed by atoms with Gasteiger partial charge in [-0.15, -0.1) is 0 Å². The number of nitrogens with zero attached hydrogens (tertiary/aromatic N) is 2. The fourth-order valence-corrected chi connectivity index (χ4v) is 3.15. The van der Waals surface area contributed by atoms with E-state index in [2.05, 4.69) is 26.2 Å². The van der Waals surface area contributed by atoms with Crippen LogP contribution in [0.3, 0.4) is 0 Å². The number of hydrogen-bond donors (Lipinski definition) is 1. The smallest absolute Gasteiger partial charge is 0.163 e. The third kappa shape index (κ3) is 2.54. The van der Waals surface area contributed by atoms with Crippen LogP contribution in [0.15, 0.2) is 22.7 Å². The number of aryl methyl sites for hydroxylation is 1. The van der Waals surface area contributed by atoms with E-state index in [1.807, 2.05) is 25.2 Å². The summed E-state index contributed by atoms with van der Waals surface area (Å²) in [5.41, 5.74) is 3.28. The van der Waals surface area contributed by atoms with Crippen LogP contribution < -0.4 is 5.32 Å². The quantitative estimate of drug-likeness (QED) is 0.866. The predicted molar refractivity (Wildman–Crippen MR) is 86.4 cm³/mol. The Balaban J connectivity index is 2.17. The van der Waals surface area contributed by atoms with Crippen molar-refractivity contribution in [3.63, 3.8) is 0 Å².